The van der Waals surface area contributed by atoms with Crippen LogP contribution in [0.25, 0.3) is 11.1 Å². The zero-order valence-corrected chi connectivity index (χ0v) is 24.3. The second kappa shape index (κ2) is 20.1. The summed E-state index contributed by atoms with van der Waals surface area (Å²) in [5.41, 5.74) is 5.95. The van der Waals surface area contributed by atoms with Crippen LogP contribution in [0.2, 0.25) is 0 Å². The molecule has 214 valence electrons. The summed E-state index contributed by atoms with van der Waals surface area (Å²) in [5, 5.41) is 5.90. The Hall–Kier alpha value is -3.88. The summed E-state index contributed by atoms with van der Waals surface area (Å²) in [5.74, 6) is 0.790. The zero-order valence-electron chi connectivity index (χ0n) is 24.3. The van der Waals surface area contributed by atoms with Gasteiger partial charge in [0.15, 0.2) is 0 Å². The Balaban J connectivity index is 0.000000644. The van der Waals surface area contributed by atoms with Crippen molar-refractivity contribution in [2.75, 3.05) is 25.5 Å². The molecule has 0 bridgehead atoms. The predicted molar refractivity (Wildman–Crippen MR) is 160 cm³/mol. The molecule has 0 spiro atoms. The molecule has 3 aromatic rings. The first-order chi connectivity index (χ1) is 18.6. The maximum Gasteiger partial charge on any atom is 0.386 e. The molecule has 0 saturated heterocycles. The molecule has 2 N–H and O–H groups in total. The maximum atomic E-state index is 10.4. The number of rotatable bonds is 8. The average Bonchev–Trinajstić information content (AvgIpc) is 2.93. The lowest BCUT2D eigenvalue weighted by Crippen LogP contribution is -2.15. The van der Waals surface area contributed by atoms with Crippen LogP contribution in [0.5, 0.6) is 0 Å². The Morgan fingerprint density at radius 2 is 1.54 bits per heavy atom. The van der Waals surface area contributed by atoms with E-state index in [1.54, 1.807) is 18.5 Å². The lowest BCUT2D eigenvalue weighted by Gasteiger charge is -2.20. The minimum absolute atomic E-state index is 0.188. The molecule has 3 rings (SSSR count). The lowest BCUT2D eigenvalue weighted by molar-refractivity contribution is -0.110. The number of anilines is 1. The summed E-state index contributed by atoms with van der Waals surface area (Å²) in [6, 6.07) is 16.9. The van der Waals surface area contributed by atoms with E-state index in [1.165, 1.54) is 22.4 Å². The molecule has 0 fully saturated rings. The van der Waals surface area contributed by atoms with E-state index in [0.29, 0.717) is 6.54 Å². The van der Waals surface area contributed by atoms with E-state index in [0.717, 1.165) is 18.1 Å². The number of aliphatic imine (C=N–C) groups is 1. The first-order valence-corrected chi connectivity index (χ1v) is 12.9. The van der Waals surface area contributed by atoms with Gasteiger partial charge in [0, 0.05) is 58.6 Å². The Morgan fingerprint density at radius 1 is 0.974 bits per heavy atom. The molecule has 0 amide bonds. The monoisotopic (exact) mass is 544 g/mol. The van der Waals surface area contributed by atoms with Crippen molar-refractivity contribution in [1.82, 2.24) is 20.6 Å². The topological polar surface area (TPSA) is 65.4 Å². The van der Waals surface area contributed by atoms with Crippen molar-refractivity contribution in [2.45, 2.75) is 54.3 Å². The van der Waals surface area contributed by atoms with E-state index in [-0.39, 0.29) is 6.92 Å². The summed E-state index contributed by atoms with van der Waals surface area (Å²) < 4.78 is 31.1. The van der Waals surface area contributed by atoms with Gasteiger partial charge in [-0.1, -0.05) is 49.7 Å². The van der Waals surface area contributed by atoms with Gasteiger partial charge in [0.1, 0.15) is 5.82 Å². The fourth-order valence-electron chi connectivity index (χ4n) is 2.89. The van der Waals surface area contributed by atoms with Gasteiger partial charge in [0.05, 0.1) is 17.9 Å². The Labute approximate surface area is 232 Å². The van der Waals surface area contributed by atoms with Gasteiger partial charge in [-0.15, -0.1) is 0 Å². The van der Waals surface area contributed by atoms with E-state index >= 15 is 0 Å². The Bertz CT molecular complexity index is 1080. The fraction of sp³-hybridized carbons (Fsp3) is 0.367. The number of halogens is 3. The second-order valence-electron chi connectivity index (χ2n) is 7.92. The normalized spacial score (nSPS) is 10.4. The first kappa shape index (κ1) is 35.1. The molecule has 9 heteroatoms. The SMILES string of the molecule is CC.CC(F)(F)F.CC=Nc1ccc(-c2ccc(C)cc2)cc1N(C)CC.CN/C=C\NCc1ncccn1. The lowest BCUT2D eigenvalue weighted by atomic mass is 10.0. The van der Waals surface area contributed by atoms with Crippen LogP contribution in [0.1, 0.15) is 46.0 Å². The number of aromatic nitrogens is 2. The maximum absolute atomic E-state index is 10.4. The molecular formula is C30H43F3N6. The number of nitrogens with one attached hydrogen (secondary N) is 2. The first-order valence-electron chi connectivity index (χ1n) is 12.9. The van der Waals surface area contributed by atoms with Gasteiger partial charge in [-0.25, -0.2) is 9.97 Å². The van der Waals surface area contributed by atoms with Gasteiger partial charge >= 0.3 is 6.18 Å². The third-order valence-electron chi connectivity index (χ3n) is 4.76. The molecule has 1 aromatic heterocycles. The summed E-state index contributed by atoms with van der Waals surface area (Å²) in [6.07, 6.45) is 4.92. The van der Waals surface area contributed by atoms with E-state index in [2.05, 4.69) is 93.9 Å². The minimum Gasteiger partial charge on any atom is -0.393 e. The van der Waals surface area contributed by atoms with E-state index in [4.69, 9.17) is 0 Å². The molecule has 2 aromatic carbocycles. The van der Waals surface area contributed by atoms with Crippen molar-refractivity contribution in [2.24, 2.45) is 4.99 Å². The van der Waals surface area contributed by atoms with Gasteiger partial charge in [-0.05, 0) is 50.1 Å². The highest BCUT2D eigenvalue weighted by molar-refractivity contribution is 5.78. The van der Waals surface area contributed by atoms with Gasteiger partial charge in [0.2, 0.25) is 0 Å². The fourth-order valence-corrected chi connectivity index (χ4v) is 2.89. The molecular weight excluding hydrogens is 501 g/mol. The summed E-state index contributed by atoms with van der Waals surface area (Å²) in [6.45, 7) is 12.0. The molecule has 0 unspecified atom stereocenters. The van der Waals surface area contributed by atoms with Crippen molar-refractivity contribution in [3.8, 4) is 11.1 Å². The van der Waals surface area contributed by atoms with E-state index in [9.17, 15) is 13.2 Å². The van der Waals surface area contributed by atoms with Crippen LogP contribution in [0.15, 0.2) is 78.3 Å². The Kier molecular flexibility index (Phi) is 18.1. The van der Waals surface area contributed by atoms with Crippen LogP contribution in [0.4, 0.5) is 24.5 Å². The van der Waals surface area contributed by atoms with Crippen molar-refractivity contribution in [3.63, 3.8) is 0 Å². The number of aryl methyl sites for hydroxylation is 1. The highest BCUT2D eigenvalue weighted by Crippen LogP contribution is 2.33. The standard InChI is InChI=1S/C18H22N2.C8H12N4.C2H3F3.C2H6/c1-5-19-17-12-11-16(13-18(17)20(4)6-2)15-9-7-14(3)8-10-15;1-9-5-6-10-7-8-11-3-2-4-12-8;1-2(3,4)5;1-2/h5,7-13H,6H2,1-4H3;2-6,9-10H,7H2,1H3;1H3;1-2H3/b;6-5-;;. The van der Waals surface area contributed by atoms with Gasteiger partial charge in [-0.2, -0.15) is 13.2 Å². The second-order valence-corrected chi connectivity index (χ2v) is 7.92. The van der Waals surface area contributed by atoms with Gasteiger partial charge in [0.25, 0.3) is 0 Å². The largest absolute Gasteiger partial charge is 0.393 e. The molecule has 0 aliphatic heterocycles. The molecule has 0 atom stereocenters. The number of hydrogen-bond donors (Lipinski definition) is 2. The van der Waals surface area contributed by atoms with Crippen LogP contribution in [0, 0.1) is 6.92 Å². The van der Waals surface area contributed by atoms with Crippen LogP contribution < -0.4 is 15.5 Å². The smallest absolute Gasteiger partial charge is 0.386 e. The number of alkyl halides is 3. The highest BCUT2D eigenvalue weighted by atomic mass is 19.4. The van der Waals surface area contributed by atoms with Crippen LogP contribution >= 0.6 is 0 Å². The third-order valence-corrected chi connectivity index (χ3v) is 4.76. The van der Waals surface area contributed by atoms with Crippen LogP contribution in [-0.4, -0.2) is 43.0 Å². The van der Waals surface area contributed by atoms with Crippen molar-refractivity contribution in [3.05, 3.63) is 84.7 Å². The quantitative estimate of drug-likeness (QED) is 0.285. The molecule has 39 heavy (non-hydrogen) atoms. The highest BCUT2D eigenvalue weighted by Gasteiger charge is 2.15. The van der Waals surface area contributed by atoms with Gasteiger partial charge in [-0.3, -0.25) is 4.99 Å². The summed E-state index contributed by atoms with van der Waals surface area (Å²) >= 11 is 0. The third kappa shape index (κ3) is 16.5. The van der Waals surface area contributed by atoms with Gasteiger partial charge < -0.3 is 15.5 Å². The van der Waals surface area contributed by atoms with Crippen molar-refractivity contribution in [1.29, 1.82) is 0 Å². The van der Waals surface area contributed by atoms with Crippen LogP contribution in [0.3, 0.4) is 0 Å². The summed E-state index contributed by atoms with van der Waals surface area (Å²) in [7, 11) is 3.94. The molecule has 0 radical (unpaired) electrons. The zero-order chi connectivity index (χ0) is 29.7. The molecule has 0 aliphatic rings. The average molecular weight is 545 g/mol. The molecule has 0 saturated carbocycles. The van der Waals surface area contributed by atoms with Crippen molar-refractivity contribution < 1.29 is 13.2 Å². The van der Waals surface area contributed by atoms with Crippen molar-refractivity contribution >= 4 is 17.6 Å². The van der Waals surface area contributed by atoms with E-state index in [1.807, 2.05) is 46.4 Å². The molecule has 0 aliphatic carbocycles. The number of benzene rings is 2. The van der Waals surface area contributed by atoms with E-state index < -0.39 is 6.18 Å². The van der Waals surface area contributed by atoms with Crippen LogP contribution in [-0.2, 0) is 6.54 Å². The number of nitrogens with zero attached hydrogens (tertiary/aromatic N) is 4. The predicted octanol–water partition coefficient (Wildman–Crippen LogP) is 7.69. The summed E-state index contributed by atoms with van der Waals surface area (Å²) in [4.78, 5) is 14.8. The minimum atomic E-state index is -4.00. The Morgan fingerprint density at radius 3 is 2.05 bits per heavy atom. The molecule has 1 heterocycles. The molecule has 6 nitrogen and oxygen atoms in total. The number of hydrogen-bond acceptors (Lipinski definition) is 6.